The van der Waals surface area contributed by atoms with Crippen molar-refractivity contribution in [1.29, 1.82) is 0 Å². The first-order chi connectivity index (χ1) is 11.4. The number of alkyl halides is 1. The van der Waals surface area contributed by atoms with Crippen LogP contribution in [0.3, 0.4) is 0 Å². The number of nitrogens with zero attached hydrogens (tertiary/aromatic N) is 1. The van der Waals surface area contributed by atoms with Gasteiger partial charge in [-0.05, 0) is 35.9 Å². The summed E-state index contributed by atoms with van der Waals surface area (Å²) in [6.45, 7) is -0.0631. The van der Waals surface area contributed by atoms with Crippen LogP contribution in [0.25, 0.3) is 0 Å². The molecule has 8 heteroatoms. The van der Waals surface area contributed by atoms with Crippen LogP contribution in [0.5, 0.6) is 0 Å². The molecule has 2 rings (SSSR count). The maximum Gasteiger partial charge on any atom is 0.221 e. The van der Waals surface area contributed by atoms with Crippen LogP contribution in [0.2, 0.25) is 5.02 Å². The summed E-state index contributed by atoms with van der Waals surface area (Å²) in [6, 6.07) is 9.24. The molecule has 1 aromatic heterocycles. The van der Waals surface area contributed by atoms with Crippen molar-refractivity contribution in [3.8, 4) is 0 Å². The lowest BCUT2D eigenvalue weighted by atomic mass is 10.2. The van der Waals surface area contributed by atoms with Gasteiger partial charge < -0.3 is 5.32 Å². The van der Waals surface area contributed by atoms with Crippen molar-refractivity contribution in [2.75, 3.05) is 12.4 Å². The van der Waals surface area contributed by atoms with Gasteiger partial charge in [0.25, 0.3) is 0 Å². The van der Waals surface area contributed by atoms with Crippen molar-refractivity contribution in [2.24, 2.45) is 0 Å². The normalized spacial score (nSPS) is 12.6. The molecule has 0 unspecified atom stereocenters. The van der Waals surface area contributed by atoms with Crippen LogP contribution in [0.4, 0.5) is 0 Å². The molecule has 1 heterocycles. The van der Waals surface area contributed by atoms with Gasteiger partial charge in [-0.1, -0.05) is 17.7 Å². The van der Waals surface area contributed by atoms with Crippen LogP contribution >= 0.6 is 23.2 Å². The van der Waals surface area contributed by atoms with E-state index < -0.39 is 15.1 Å². The summed E-state index contributed by atoms with van der Waals surface area (Å²) < 4.78 is 25.9. The van der Waals surface area contributed by atoms with Gasteiger partial charge in [-0.15, -0.1) is 11.6 Å². The minimum atomic E-state index is -3.73. The lowest BCUT2D eigenvalue weighted by molar-refractivity contribution is -0.120. The molecule has 2 aromatic rings. The molecule has 0 aliphatic rings. The first-order valence-corrected chi connectivity index (χ1v) is 9.63. The van der Waals surface area contributed by atoms with Crippen molar-refractivity contribution in [1.82, 2.24) is 10.3 Å². The second-order valence-corrected chi connectivity index (χ2v) is 7.96. The highest BCUT2D eigenvalue weighted by atomic mass is 35.5. The number of benzene rings is 1. The van der Waals surface area contributed by atoms with Crippen molar-refractivity contribution < 1.29 is 13.2 Å². The number of sulfone groups is 1. The van der Waals surface area contributed by atoms with E-state index in [9.17, 15) is 13.2 Å². The van der Waals surface area contributed by atoms with Gasteiger partial charge in [0.1, 0.15) is 5.25 Å². The van der Waals surface area contributed by atoms with E-state index in [4.69, 9.17) is 23.2 Å². The summed E-state index contributed by atoms with van der Waals surface area (Å²) in [4.78, 5) is 15.8. The Balaban J connectivity index is 2.34. The van der Waals surface area contributed by atoms with Gasteiger partial charge >= 0.3 is 0 Å². The van der Waals surface area contributed by atoms with Gasteiger partial charge in [-0.3, -0.25) is 9.78 Å². The molecule has 0 radical (unpaired) electrons. The predicted octanol–water partition coefficient (Wildman–Crippen LogP) is 3.00. The predicted molar refractivity (Wildman–Crippen MR) is 94.0 cm³/mol. The molecule has 1 atom stereocenters. The second-order valence-electron chi connectivity index (χ2n) is 5.02. The van der Waals surface area contributed by atoms with E-state index in [0.717, 1.165) is 0 Å². The zero-order valence-electron chi connectivity index (χ0n) is 12.7. The minimum absolute atomic E-state index is 0.0631. The highest BCUT2D eigenvalue weighted by Gasteiger charge is 2.29. The molecule has 5 nitrogen and oxygen atoms in total. The lowest BCUT2D eigenvalue weighted by Gasteiger charge is -2.18. The zero-order valence-corrected chi connectivity index (χ0v) is 15.0. The maximum atomic E-state index is 13.0. The second kappa shape index (κ2) is 8.46. The SMILES string of the molecule is O=C(CCCl)NC[C@@H](c1cccnc1)S(=O)(=O)c1ccc(Cl)cc1. The van der Waals surface area contributed by atoms with Gasteiger partial charge in [-0.25, -0.2) is 8.42 Å². The Bertz CT molecular complexity index is 781. The fourth-order valence-electron chi connectivity index (χ4n) is 2.14. The largest absolute Gasteiger partial charge is 0.354 e. The van der Waals surface area contributed by atoms with Crippen molar-refractivity contribution in [2.45, 2.75) is 16.6 Å². The lowest BCUT2D eigenvalue weighted by Crippen LogP contribution is -2.32. The molecule has 1 N–H and O–H groups in total. The van der Waals surface area contributed by atoms with Crippen LogP contribution in [0.15, 0.2) is 53.7 Å². The number of carbonyl (C=O) groups is 1. The monoisotopic (exact) mass is 386 g/mol. The zero-order chi connectivity index (χ0) is 17.6. The van der Waals surface area contributed by atoms with Crippen molar-refractivity contribution >= 4 is 38.9 Å². The number of aromatic nitrogens is 1. The van der Waals surface area contributed by atoms with Crippen LogP contribution in [0, 0.1) is 0 Å². The number of halogens is 2. The van der Waals surface area contributed by atoms with E-state index in [1.807, 2.05) is 0 Å². The van der Waals surface area contributed by atoms with Crippen molar-refractivity contribution in [3.63, 3.8) is 0 Å². The Labute approximate surface area is 150 Å². The summed E-state index contributed by atoms with van der Waals surface area (Å²) in [5.74, 6) is -0.127. The third kappa shape index (κ3) is 4.69. The van der Waals surface area contributed by atoms with Gasteiger partial charge in [0.2, 0.25) is 5.91 Å². The molecule has 0 saturated heterocycles. The number of amides is 1. The maximum absolute atomic E-state index is 13.0. The van der Waals surface area contributed by atoms with Gasteiger partial charge in [0, 0.05) is 36.3 Å². The fourth-order valence-corrected chi connectivity index (χ4v) is 4.08. The number of nitrogens with one attached hydrogen (secondary N) is 1. The van der Waals surface area contributed by atoms with E-state index in [1.165, 1.54) is 30.5 Å². The molecule has 1 amide bonds. The quantitative estimate of drug-likeness (QED) is 0.741. The Morgan fingerprint density at radius 3 is 2.50 bits per heavy atom. The first kappa shape index (κ1) is 18.7. The molecule has 0 spiro atoms. The van der Waals surface area contributed by atoms with Gasteiger partial charge in [0.05, 0.1) is 4.90 Å². The summed E-state index contributed by atoms with van der Waals surface area (Å²) in [6.07, 6.45) is 3.16. The summed E-state index contributed by atoms with van der Waals surface area (Å²) in [5, 5.41) is 2.11. The average Bonchev–Trinajstić information content (AvgIpc) is 2.56. The van der Waals surface area contributed by atoms with Crippen LogP contribution in [0.1, 0.15) is 17.2 Å². The van der Waals surface area contributed by atoms with E-state index in [1.54, 1.807) is 18.3 Å². The average molecular weight is 387 g/mol. The minimum Gasteiger partial charge on any atom is -0.354 e. The van der Waals surface area contributed by atoms with Crippen LogP contribution in [-0.2, 0) is 14.6 Å². The smallest absolute Gasteiger partial charge is 0.221 e. The standard InChI is InChI=1S/C16H16Cl2N2O3S/c17-8-7-16(21)20-11-15(12-2-1-9-19-10-12)24(22,23)14-5-3-13(18)4-6-14/h1-6,9-10,15H,7-8,11H2,(H,20,21)/t15-/m0/s1. The molecule has 0 saturated carbocycles. The Hall–Kier alpha value is -1.63. The Kier molecular flexibility index (Phi) is 6.60. The number of hydrogen-bond acceptors (Lipinski definition) is 4. The molecule has 0 aliphatic carbocycles. The summed E-state index contributed by atoms with van der Waals surface area (Å²) in [7, 11) is -3.73. The molecule has 0 aliphatic heterocycles. The Morgan fingerprint density at radius 2 is 1.92 bits per heavy atom. The van der Waals surface area contributed by atoms with Gasteiger partial charge in [-0.2, -0.15) is 0 Å². The van der Waals surface area contributed by atoms with E-state index in [0.29, 0.717) is 10.6 Å². The molecule has 1 aromatic carbocycles. The summed E-state index contributed by atoms with van der Waals surface area (Å²) >= 11 is 11.3. The molecule has 0 bridgehead atoms. The highest BCUT2D eigenvalue weighted by Crippen LogP contribution is 2.28. The molecule has 24 heavy (non-hydrogen) atoms. The fraction of sp³-hybridized carbons (Fsp3) is 0.250. The number of hydrogen-bond donors (Lipinski definition) is 1. The van der Waals surface area contributed by atoms with E-state index >= 15 is 0 Å². The Morgan fingerprint density at radius 1 is 1.21 bits per heavy atom. The molecule has 0 fully saturated rings. The van der Waals surface area contributed by atoms with Crippen molar-refractivity contribution in [3.05, 3.63) is 59.4 Å². The summed E-state index contributed by atoms with van der Waals surface area (Å²) in [5.41, 5.74) is 0.499. The number of carbonyl (C=O) groups excluding carboxylic acids is 1. The van der Waals surface area contributed by atoms with Crippen LogP contribution < -0.4 is 5.32 Å². The third-order valence-corrected chi connectivity index (χ3v) is 5.94. The van der Waals surface area contributed by atoms with E-state index in [2.05, 4.69) is 10.3 Å². The topological polar surface area (TPSA) is 76.1 Å². The highest BCUT2D eigenvalue weighted by molar-refractivity contribution is 7.91. The van der Waals surface area contributed by atoms with Crippen LogP contribution in [-0.4, -0.2) is 31.7 Å². The number of rotatable bonds is 7. The van der Waals surface area contributed by atoms with E-state index in [-0.39, 0.29) is 29.6 Å². The number of pyridine rings is 1. The molecular formula is C16H16Cl2N2O3S. The molecular weight excluding hydrogens is 371 g/mol. The first-order valence-electron chi connectivity index (χ1n) is 7.17. The van der Waals surface area contributed by atoms with Gasteiger partial charge in [0.15, 0.2) is 9.84 Å². The third-order valence-electron chi connectivity index (χ3n) is 3.38. The molecule has 128 valence electrons.